The first-order valence-electron chi connectivity index (χ1n) is 10.3. The van der Waals surface area contributed by atoms with Gasteiger partial charge in [0, 0.05) is 30.7 Å². The second-order valence-corrected chi connectivity index (χ2v) is 7.40. The van der Waals surface area contributed by atoms with Crippen molar-refractivity contribution < 1.29 is 9.84 Å². The van der Waals surface area contributed by atoms with Crippen molar-refractivity contribution in [3.8, 4) is 11.5 Å². The third kappa shape index (κ3) is 4.73. The van der Waals surface area contributed by atoms with Gasteiger partial charge in [0.25, 0.3) is 0 Å². The van der Waals surface area contributed by atoms with Crippen LogP contribution in [0.3, 0.4) is 0 Å². The minimum Gasteiger partial charge on any atom is -0.508 e. The minimum absolute atomic E-state index is 0.0293. The predicted octanol–water partition coefficient (Wildman–Crippen LogP) is 3.27. The maximum atomic E-state index is 10.2. The summed E-state index contributed by atoms with van der Waals surface area (Å²) in [5.74, 6) is 1.95. The van der Waals surface area contributed by atoms with E-state index in [2.05, 4.69) is 39.0 Å². The third-order valence-corrected chi connectivity index (χ3v) is 5.07. The summed E-state index contributed by atoms with van der Waals surface area (Å²) in [5, 5.41) is 16.7. The Balaban J connectivity index is 1.97. The molecule has 0 fully saturated rings. The maximum Gasteiger partial charge on any atom is 0.226 e. The first-order chi connectivity index (χ1) is 14.5. The van der Waals surface area contributed by atoms with Crippen molar-refractivity contribution in [2.75, 3.05) is 24.3 Å². The highest BCUT2D eigenvalue weighted by Gasteiger charge is 2.17. The van der Waals surface area contributed by atoms with E-state index in [0.29, 0.717) is 47.7 Å². The number of nitrogens with one attached hydrogen (secondary N) is 2. The Bertz CT molecular complexity index is 983. The standard InChI is InChI=1S/C21H31N7O2/c1-5-15(6-2)28-12-25-18-19(26-21(27-20(18)28)24-10-13(3)22)23-11-14-9-16(30-4)7-8-17(14)29/h7-9,12-13,15,29H,5-6,10-11,22H2,1-4H3,(H2,23,24,26,27). The fourth-order valence-corrected chi connectivity index (χ4v) is 3.33. The number of fused-ring (bicyclic) bond motifs is 1. The molecule has 1 atom stereocenters. The van der Waals surface area contributed by atoms with Gasteiger partial charge in [0.1, 0.15) is 11.5 Å². The highest BCUT2D eigenvalue weighted by molar-refractivity contribution is 5.84. The van der Waals surface area contributed by atoms with Crippen molar-refractivity contribution in [1.29, 1.82) is 0 Å². The van der Waals surface area contributed by atoms with Crippen molar-refractivity contribution in [1.82, 2.24) is 19.5 Å². The largest absolute Gasteiger partial charge is 0.508 e. The van der Waals surface area contributed by atoms with E-state index in [1.165, 1.54) is 0 Å². The van der Waals surface area contributed by atoms with Crippen LogP contribution in [0, 0.1) is 0 Å². The first kappa shape index (κ1) is 21.6. The van der Waals surface area contributed by atoms with Crippen molar-refractivity contribution in [2.45, 2.75) is 52.2 Å². The number of phenolic OH excluding ortho intramolecular Hbond substituents is 1. The van der Waals surface area contributed by atoms with Gasteiger partial charge in [-0.15, -0.1) is 0 Å². The Hall–Kier alpha value is -3.07. The molecule has 0 aliphatic carbocycles. The number of nitrogens with zero attached hydrogens (tertiary/aromatic N) is 4. The van der Waals surface area contributed by atoms with Crippen LogP contribution in [-0.4, -0.2) is 44.3 Å². The van der Waals surface area contributed by atoms with Gasteiger partial charge >= 0.3 is 0 Å². The molecule has 0 aliphatic rings. The van der Waals surface area contributed by atoms with Crippen LogP contribution >= 0.6 is 0 Å². The number of benzene rings is 1. The molecule has 0 spiro atoms. The molecule has 0 saturated heterocycles. The molecule has 3 aromatic rings. The topological polar surface area (TPSA) is 123 Å². The van der Waals surface area contributed by atoms with Gasteiger partial charge in [-0.3, -0.25) is 0 Å². The SMILES string of the molecule is CCC(CC)n1cnc2c(NCc3cc(OC)ccc3O)nc(NCC(C)N)nc21. The molecule has 162 valence electrons. The Morgan fingerprint density at radius 1 is 1.20 bits per heavy atom. The molecule has 0 aliphatic heterocycles. The number of rotatable bonds is 10. The summed E-state index contributed by atoms with van der Waals surface area (Å²) in [6.07, 6.45) is 3.78. The zero-order valence-corrected chi connectivity index (χ0v) is 18.0. The highest BCUT2D eigenvalue weighted by atomic mass is 16.5. The number of methoxy groups -OCH3 is 1. The van der Waals surface area contributed by atoms with Crippen molar-refractivity contribution in [3.05, 3.63) is 30.1 Å². The summed E-state index contributed by atoms with van der Waals surface area (Å²) >= 11 is 0. The molecular formula is C21H31N7O2. The zero-order valence-electron chi connectivity index (χ0n) is 18.0. The first-order valence-corrected chi connectivity index (χ1v) is 10.3. The number of ether oxygens (including phenoxy) is 1. The smallest absolute Gasteiger partial charge is 0.226 e. The molecule has 1 unspecified atom stereocenters. The normalized spacial score (nSPS) is 12.3. The van der Waals surface area contributed by atoms with E-state index in [0.717, 1.165) is 18.5 Å². The Morgan fingerprint density at radius 2 is 1.97 bits per heavy atom. The number of hydrogen-bond donors (Lipinski definition) is 4. The zero-order chi connectivity index (χ0) is 21.7. The van der Waals surface area contributed by atoms with Gasteiger partial charge in [-0.2, -0.15) is 9.97 Å². The summed E-state index contributed by atoms with van der Waals surface area (Å²) in [6.45, 7) is 7.15. The maximum absolute atomic E-state index is 10.2. The lowest BCUT2D eigenvalue weighted by atomic mass is 10.2. The number of nitrogens with two attached hydrogens (primary N) is 1. The molecule has 5 N–H and O–H groups in total. The van der Waals surface area contributed by atoms with Gasteiger partial charge in [0.05, 0.1) is 13.4 Å². The van der Waals surface area contributed by atoms with Crippen LogP contribution in [0.2, 0.25) is 0 Å². The summed E-state index contributed by atoms with van der Waals surface area (Å²) in [6, 6.07) is 5.40. The molecule has 9 nitrogen and oxygen atoms in total. The van der Waals surface area contributed by atoms with Gasteiger partial charge in [-0.1, -0.05) is 13.8 Å². The van der Waals surface area contributed by atoms with Crippen LogP contribution in [0.1, 0.15) is 45.2 Å². The molecule has 0 saturated carbocycles. The number of imidazole rings is 1. The van der Waals surface area contributed by atoms with E-state index in [-0.39, 0.29) is 11.8 Å². The number of aromatic nitrogens is 4. The van der Waals surface area contributed by atoms with Crippen molar-refractivity contribution in [2.24, 2.45) is 5.73 Å². The van der Waals surface area contributed by atoms with Gasteiger partial charge in [-0.05, 0) is 38.0 Å². The van der Waals surface area contributed by atoms with Crippen LogP contribution < -0.4 is 21.1 Å². The Labute approximate surface area is 176 Å². The molecule has 9 heteroatoms. The van der Waals surface area contributed by atoms with Crippen molar-refractivity contribution in [3.63, 3.8) is 0 Å². The van der Waals surface area contributed by atoms with E-state index < -0.39 is 0 Å². The summed E-state index contributed by atoms with van der Waals surface area (Å²) < 4.78 is 7.36. The van der Waals surface area contributed by atoms with E-state index in [9.17, 15) is 5.11 Å². The molecule has 30 heavy (non-hydrogen) atoms. The fraction of sp³-hybridized carbons (Fsp3) is 0.476. The van der Waals surface area contributed by atoms with Gasteiger partial charge < -0.3 is 30.8 Å². The molecular weight excluding hydrogens is 382 g/mol. The third-order valence-electron chi connectivity index (χ3n) is 5.07. The molecule has 0 amide bonds. The lowest BCUT2D eigenvalue weighted by molar-refractivity contribution is 0.411. The highest BCUT2D eigenvalue weighted by Crippen LogP contribution is 2.28. The van der Waals surface area contributed by atoms with Crippen molar-refractivity contribution >= 4 is 22.9 Å². The van der Waals surface area contributed by atoms with Crippen LogP contribution in [-0.2, 0) is 6.54 Å². The second-order valence-electron chi connectivity index (χ2n) is 7.40. The van der Waals surface area contributed by atoms with Gasteiger partial charge in [0.2, 0.25) is 5.95 Å². The molecule has 1 aromatic carbocycles. The molecule has 2 heterocycles. The molecule has 3 rings (SSSR count). The lowest BCUT2D eigenvalue weighted by Crippen LogP contribution is -2.26. The summed E-state index contributed by atoms with van der Waals surface area (Å²) in [4.78, 5) is 13.9. The summed E-state index contributed by atoms with van der Waals surface area (Å²) in [5.41, 5.74) is 8.04. The fourth-order valence-electron chi connectivity index (χ4n) is 3.33. The second kappa shape index (κ2) is 9.62. The number of phenols is 1. The van der Waals surface area contributed by atoms with E-state index in [4.69, 9.17) is 15.5 Å². The molecule has 0 radical (unpaired) electrons. The molecule has 2 aromatic heterocycles. The predicted molar refractivity (Wildman–Crippen MR) is 119 cm³/mol. The summed E-state index contributed by atoms with van der Waals surface area (Å²) in [7, 11) is 1.60. The quantitative estimate of drug-likeness (QED) is 0.399. The van der Waals surface area contributed by atoms with E-state index in [1.807, 2.05) is 13.3 Å². The minimum atomic E-state index is -0.0293. The van der Waals surface area contributed by atoms with Crippen LogP contribution in [0.15, 0.2) is 24.5 Å². The monoisotopic (exact) mass is 413 g/mol. The van der Waals surface area contributed by atoms with Crippen LogP contribution in [0.5, 0.6) is 11.5 Å². The number of hydrogen-bond acceptors (Lipinski definition) is 8. The number of aromatic hydroxyl groups is 1. The molecule has 0 bridgehead atoms. The lowest BCUT2D eigenvalue weighted by Gasteiger charge is -2.16. The van der Waals surface area contributed by atoms with E-state index in [1.54, 1.807) is 25.3 Å². The van der Waals surface area contributed by atoms with Crippen LogP contribution in [0.25, 0.3) is 11.2 Å². The average molecular weight is 414 g/mol. The van der Waals surface area contributed by atoms with Crippen LogP contribution in [0.4, 0.5) is 11.8 Å². The van der Waals surface area contributed by atoms with Gasteiger partial charge in [-0.25, -0.2) is 4.98 Å². The number of anilines is 2. The Morgan fingerprint density at radius 3 is 2.63 bits per heavy atom. The van der Waals surface area contributed by atoms with E-state index >= 15 is 0 Å². The van der Waals surface area contributed by atoms with Gasteiger partial charge in [0.15, 0.2) is 17.0 Å². The Kier molecular flexibility index (Phi) is 6.94. The average Bonchev–Trinajstić information content (AvgIpc) is 3.16.